The number of hydrogen-bond donors (Lipinski definition) is 1. The molecule has 2 heterocycles. The number of thioether (sulfide) groups is 1. The van der Waals surface area contributed by atoms with Gasteiger partial charge in [0.2, 0.25) is 5.91 Å². The van der Waals surface area contributed by atoms with Crippen LogP contribution in [0.2, 0.25) is 0 Å². The average Bonchev–Trinajstić information content (AvgIpc) is 3.30. The molecule has 188 valence electrons. The normalized spacial score (nSPS) is 16.7. The van der Waals surface area contributed by atoms with Crippen molar-refractivity contribution in [2.75, 3.05) is 27.4 Å². The van der Waals surface area contributed by atoms with Crippen LogP contribution in [0.25, 0.3) is 5.70 Å². The molecule has 0 aliphatic carbocycles. The Bertz CT molecular complexity index is 1240. The Hall–Kier alpha value is -3.72. The minimum atomic E-state index is -0.595. The monoisotopic (exact) mass is 507 g/mol. The summed E-state index contributed by atoms with van der Waals surface area (Å²) in [6.45, 7) is 4.40. The van der Waals surface area contributed by atoms with E-state index in [4.69, 9.17) is 19.2 Å². The third-order valence-corrected chi connectivity index (χ3v) is 6.68. The van der Waals surface area contributed by atoms with E-state index >= 15 is 0 Å². The van der Waals surface area contributed by atoms with Crippen molar-refractivity contribution in [1.29, 1.82) is 0 Å². The van der Waals surface area contributed by atoms with Crippen molar-refractivity contribution in [3.8, 4) is 11.5 Å². The summed E-state index contributed by atoms with van der Waals surface area (Å²) < 4.78 is 16.5. The molecule has 0 bridgehead atoms. The van der Waals surface area contributed by atoms with Crippen molar-refractivity contribution >= 4 is 34.5 Å². The number of ether oxygens (including phenoxy) is 3. The number of nitrogens with one attached hydrogen (secondary N) is 1. The fourth-order valence-electron chi connectivity index (χ4n) is 4.25. The molecule has 0 radical (unpaired) electrons. The minimum absolute atomic E-state index is 0.104. The summed E-state index contributed by atoms with van der Waals surface area (Å²) in [6.07, 6.45) is 0.153. The second-order valence-corrected chi connectivity index (χ2v) is 8.82. The lowest BCUT2D eigenvalue weighted by Gasteiger charge is -2.37. The lowest BCUT2D eigenvalue weighted by atomic mass is 9.91. The van der Waals surface area contributed by atoms with Gasteiger partial charge in [-0.05, 0) is 37.0 Å². The van der Waals surface area contributed by atoms with Gasteiger partial charge < -0.3 is 24.4 Å². The maximum Gasteiger partial charge on any atom is 0.338 e. The quantitative estimate of drug-likeness (QED) is 0.500. The predicted octanol–water partition coefficient (Wildman–Crippen LogP) is 4.51. The standard InChI is InChI=1S/C27H29N3O5S/c1-5-28-22(31)15-19-16-36-27-29-24(17-10-8-7-9-11-17)23(26(32)35-6-2)25(30(19)27)18-12-13-20(33-3)21(14-18)34-4/h7-14,16,25H,5-6,15H2,1-4H3,(H,28,31)/t25-/m0/s1. The molecule has 9 heteroatoms. The van der Waals surface area contributed by atoms with Gasteiger partial charge in [0.05, 0.1) is 44.6 Å². The van der Waals surface area contributed by atoms with Gasteiger partial charge in [-0.2, -0.15) is 0 Å². The summed E-state index contributed by atoms with van der Waals surface area (Å²) in [5.74, 6) is 0.537. The maximum atomic E-state index is 13.5. The van der Waals surface area contributed by atoms with Crippen LogP contribution in [0.15, 0.2) is 70.2 Å². The molecule has 2 aromatic carbocycles. The van der Waals surface area contributed by atoms with Crippen LogP contribution in [0.4, 0.5) is 0 Å². The van der Waals surface area contributed by atoms with Crippen LogP contribution in [0.1, 0.15) is 37.4 Å². The zero-order chi connectivity index (χ0) is 25.7. The van der Waals surface area contributed by atoms with Crippen LogP contribution < -0.4 is 14.8 Å². The Morgan fingerprint density at radius 3 is 2.47 bits per heavy atom. The topological polar surface area (TPSA) is 89.5 Å². The van der Waals surface area contributed by atoms with E-state index in [1.807, 2.05) is 59.7 Å². The van der Waals surface area contributed by atoms with E-state index in [9.17, 15) is 9.59 Å². The average molecular weight is 508 g/mol. The van der Waals surface area contributed by atoms with E-state index in [1.54, 1.807) is 27.2 Å². The summed E-state index contributed by atoms with van der Waals surface area (Å²) in [7, 11) is 3.14. The molecule has 8 nitrogen and oxygen atoms in total. The molecule has 0 saturated heterocycles. The highest BCUT2D eigenvalue weighted by Gasteiger charge is 2.42. The number of carbonyl (C=O) groups is 2. The fraction of sp³-hybridized carbons (Fsp3) is 0.296. The summed E-state index contributed by atoms with van der Waals surface area (Å²) in [6, 6.07) is 14.5. The molecule has 1 N–H and O–H groups in total. The number of rotatable bonds is 9. The van der Waals surface area contributed by atoms with Gasteiger partial charge in [-0.1, -0.05) is 48.2 Å². The first-order valence-corrected chi connectivity index (χ1v) is 12.6. The summed E-state index contributed by atoms with van der Waals surface area (Å²) in [5, 5.41) is 5.45. The first kappa shape index (κ1) is 25.4. The number of amidine groups is 1. The molecular weight excluding hydrogens is 478 g/mol. The van der Waals surface area contributed by atoms with Crippen molar-refractivity contribution in [1.82, 2.24) is 10.2 Å². The number of hydrogen-bond acceptors (Lipinski definition) is 8. The maximum absolute atomic E-state index is 13.5. The molecule has 1 atom stereocenters. The first-order chi connectivity index (χ1) is 17.5. The Morgan fingerprint density at radius 2 is 1.81 bits per heavy atom. The molecule has 0 saturated carbocycles. The molecule has 4 rings (SSSR count). The highest BCUT2D eigenvalue weighted by Crippen LogP contribution is 2.48. The van der Waals surface area contributed by atoms with Crippen LogP contribution in [0.5, 0.6) is 11.5 Å². The van der Waals surface area contributed by atoms with Gasteiger partial charge in [0.1, 0.15) is 0 Å². The van der Waals surface area contributed by atoms with E-state index < -0.39 is 12.0 Å². The van der Waals surface area contributed by atoms with E-state index in [2.05, 4.69) is 5.32 Å². The van der Waals surface area contributed by atoms with Gasteiger partial charge >= 0.3 is 5.97 Å². The summed E-state index contributed by atoms with van der Waals surface area (Å²) in [4.78, 5) is 32.9. The van der Waals surface area contributed by atoms with Crippen molar-refractivity contribution in [2.45, 2.75) is 26.3 Å². The van der Waals surface area contributed by atoms with Crippen LogP contribution >= 0.6 is 11.8 Å². The van der Waals surface area contributed by atoms with Gasteiger partial charge in [0, 0.05) is 17.8 Å². The molecule has 0 aromatic heterocycles. The van der Waals surface area contributed by atoms with Gasteiger partial charge in [0.15, 0.2) is 16.7 Å². The second kappa shape index (κ2) is 11.3. The van der Waals surface area contributed by atoms with Gasteiger partial charge in [-0.25, -0.2) is 9.79 Å². The van der Waals surface area contributed by atoms with Crippen molar-refractivity contribution in [3.05, 3.63) is 76.3 Å². The third-order valence-electron chi connectivity index (χ3n) is 5.79. The van der Waals surface area contributed by atoms with E-state index in [0.29, 0.717) is 34.5 Å². The van der Waals surface area contributed by atoms with Crippen LogP contribution in [0.3, 0.4) is 0 Å². The molecular formula is C27H29N3O5S. The molecule has 1 amide bonds. The van der Waals surface area contributed by atoms with E-state index in [-0.39, 0.29) is 18.9 Å². The zero-order valence-electron chi connectivity index (χ0n) is 20.7. The number of benzene rings is 2. The Balaban J connectivity index is 1.93. The minimum Gasteiger partial charge on any atom is -0.493 e. The zero-order valence-corrected chi connectivity index (χ0v) is 21.6. The SMILES string of the molecule is CCNC(=O)CC1=CSC2=NC(c3ccccc3)=C(C(=O)OCC)[C@H](c3ccc(OC)c(OC)c3)N12. The predicted molar refractivity (Wildman–Crippen MR) is 141 cm³/mol. The van der Waals surface area contributed by atoms with Gasteiger partial charge in [-0.15, -0.1) is 0 Å². The third kappa shape index (κ3) is 4.97. The Kier molecular flexibility index (Phi) is 8.00. The summed E-state index contributed by atoms with van der Waals surface area (Å²) >= 11 is 1.43. The fourth-order valence-corrected chi connectivity index (χ4v) is 5.17. The largest absolute Gasteiger partial charge is 0.493 e. The molecule has 0 fully saturated rings. The van der Waals surface area contributed by atoms with Crippen LogP contribution in [-0.2, 0) is 14.3 Å². The van der Waals surface area contributed by atoms with Gasteiger partial charge in [-0.3, -0.25) is 4.79 Å². The number of methoxy groups -OCH3 is 2. The lowest BCUT2D eigenvalue weighted by molar-refractivity contribution is -0.139. The van der Waals surface area contributed by atoms with E-state index in [0.717, 1.165) is 16.8 Å². The lowest BCUT2D eigenvalue weighted by Crippen LogP contribution is -2.38. The number of esters is 1. The van der Waals surface area contributed by atoms with Gasteiger partial charge in [0.25, 0.3) is 0 Å². The number of fused-ring (bicyclic) bond motifs is 1. The molecule has 0 spiro atoms. The Labute approximate surface area is 215 Å². The molecule has 2 aliphatic heterocycles. The second-order valence-electron chi connectivity index (χ2n) is 7.99. The van der Waals surface area contributed by atoms with Crippen molar-refractivity contribution in [3.63, 3.8) is 0 Å². The Morgan fingerprint density at radius 1 is 1.06 bits per heavy atom. The first-order valence-electron chi connectivity index (χ1n) is 11.7. The number of carbonyl (C=O) groups excluding carboxylic acids is 2. The molecule has 36 heavy (non-hydrogen) atoms. The van der Waals surface area contributed by atoms with Crippen LogP contribution in [0, 0.1) is 0 Å². The van der Waals surface area contributed by atoms with Crippen molar-refractivity contribution < 1.29 is 23.8 Å². The number of amides is 1. The summed E-state index contributed by atoms with van der Waals surface area (Å²) in [5.41, 5.74) is 3.26. The van der Waals surface area contributed by atoms with Crippen molar-refractivity contribution in [2.24, 2.45) is 4.99 Å². The molecule has 2 aromatic rings. The van der Waals surface area contributed by atoms with E-state index in [1.165, 1.54) is 11.8 Å². The molecule has 0 unspecified atom stereocenters. The van der Waals surface area contributed by atoms with Crippen LogP contribution in [-0.4, -0.2) is 49.3 Å². The smallest absolute Gasteiger partial charge is 0.338 e. The number of nitrogens with zero attached hydrogens (tertiary/aromatic N) is 2. The highest BCUT2D eigenvalue weighted by atomic mass is 32.2. The highest BCUT2D eigenvalue weighted by molar-refractivity contribution is 8.16. The molecule has 2 aliphatic rings. The number of aliphatic imine (C=N–C) groups is 1.